The zero-order chi connectivity index (χ0) is 31.5. The van der Waals surface area contributed by atoms with Crippen LogP contribution in [0.5, 0.6) is 5.88 Å². The molecule has 0 saturated carbocycles. The van der Waals surface area contributed by atoms with Crippen LogP contribution in [0.15, 0.2) is 60.7 Å². The van der Waals surface area contributed by atoms with Crippen LogP contribution < -0.4 is 4.74 Å². The second kappa shape index (κ2) is 12.5. The summed E-state index contributed by atoms with van der Waals surface area (Å²) in [5.74, 6) is -4.16. The molecule has 0 saturated heterocycles. The molecule has 44 heavy (non-hydrogen) atoms. The molecule has 0 aliphatic carbocycles. The van der Waals surface area contributed by atoms with E-state index in [4.69, 9.17) is 14.7 Å². The third-order valence-corrected chi connectivity index (χ3v) is 7.02. The van der Waals surface area contributed by atoms with Crippen LogP contribution >= 0.6 is 0 Å². The number of hydrogen-bond acceptors (Lipinski definition) is 6. The average Bonchev–Trinajstić information content (AvgIpc) is 3.35. The lowest BCUT2D eigenvalue weighted by molar-refractivity contribution is 0.0696. The molecule has 0 spiro atoms. The van der Waals surface area contributed by atoms with E-state index in [-0.39, 0.29) is 81.9 Å². The van der Waals surface area contributed by atoms with Crippen LogP contribution in [0.25, 0.3) is 22.3 Å². The van der Waals surface area contributed by atoms with E-state index < -0.39 is 29.2 Å². The molecular weight excluding hydrogens is 580 g/mol. The van der Waals surface area contributed by atoms with Crippen molar-refractivity contribution in [3.05, 3.63) is 112 Å². The summed E-state index contributed by atoms with van der Waals surface area (Å²) >= 11 is 0. The van der Waals surface area contributed by atoms with E-state index >= 15 is 8.78 Å². The summed E-state index contributed by atoms with van der Waals surface area (Å²) in [6.45, 7) is 1.69. The molecule has 1 N–H and O–H groups in total. The zero-order valence-corrected chi connectivity index (χ0v) is 23.4. The van der Waals surface area contributed by atoms with E-state index in [2.05, 4.69) is 9.97 Å². The molecule has 2 heterocycles. The van der Waals surface area contributed by atoms with Crippen LogP contribution in [0.2, 0.25) is 0 Å². The highest BCUT2D eigenvalue weighted by Crippen LogP contribution is 2.29. The van der Waals surface area contributed by atoms with Gasteiger partial charge in [-0.25, -0.2) is 32.3 Å². The maximum absolute atomic E-state index is 15.4. The van der Waals surface area contributed by atoms with Gasteiger partial charge in [-0.1, -0.05) is 12.1 Å². The first-order chi connectivity index (χ1) is 21.1. The molecule has 0 radical (unpaired) electrons. The predicted molar refractivity (Wildman–Crippen MR) is 151 cm³/mol. The van der Waals surface area contributed by atoms with Gasteiger partial charge in [-0.05, 0) is 55.0 Å². The molecule has 0 aliphatic heterocycles. The Kier molecular flexibility index (Phi) is 8.59. The Morgan fingerprint density at radius 2 is 1.75 bits per heavy atom. The quantitative estimate of drug-likeness (QED) is 0.183. The normalized spacial score (nSPS) is 11.8. The highest BCUT2D eigenvalue weighted by Gasteiger charge is 2.21. The van der Waals surface area contributed by atoms with Crippen LogP contribution in [0.3, 0.4) is 0 Å². The van der Waals surface area contributed by atoms with Crippen molar-refractivity contribution in [1.82, 2.24) is 14.5 Å². The lowest BCUT2D eigenvalue weighted by atomic mass is 10.0. The molecule has 0 amide bonds. The molecule has 8 nitrogen and oxygen atoms in total. The van der Waals surface area contributed by atoms with Crippen molar-refractivity contribution in [1.29, 1.82) is 5.26 Å². The SMILES string of the molecule is CO[C@H](C)Cn1c(Cc2cc(F)c(-c3cccc(OCc4ccc(C#N)cc4F)n3)cc2F)nc2c(F)cc(C(=O)O)cc21. The van der Waals surface area contributed by atoms with Gasteiger partial charge >= 0.3 is 5.97 Å². The van der Waals surface area contributed by atoms with Crippen LogP contribution in [0.1, 0.15) is 39.8 Å². The number of carboxylic acid groups (broad SMARTS) is 1. The fourth-order valence-corrected chi connectivity index (χ4v) is 4.64. The molecule has 12 heteroatoms. The Morgan fingerprint density at radius 1 is 0.977 bits per heavy atom. The van der Waals surface area contributed by atoms with Crippen LogP contribution in [0.4, 0.5) is 17.6 Å². The van der Waals surface area contributed by atoms with Crippen LogP contribution in [0, 0.1) is 34.6 Å². The second-order valence-corrected chi connectivity index (χ2v) is 9.98. The van der Waals surface area contributed by atoms with E-state index in [0.29, 0.717) is 0 Å². The molecule has 0 bridgehead atoms. The van der Waals surface area contributed by atoms with E-state index in [1.807, 2.05) is 6.07 Å². The molecule has 0 fully saturated rings. The number of nitrogens with zero attached hydrogens (tertiary/aromatic N) is 4. The number of hydrogen-bond donors (Lipinski definition) is 1. The minimum Gasteiger partial charge on any atom is -0.478 e. The fraction of sp³-hybridized carbons (Fsp3) is 0.188. The highest BCUT2D eigenvalue weighted by molar-refractivity contribution is 5.92. The number of ether oxygens (including phenoxy) is 2. The first-order valence-corrected chi connectivity index (χ1v) is 13.3. The van der Waals surface area contributed by atoms with Crippen molar-refractivity contribution in [2.45, 2.75) is 32.6 Å². The smallest absolute Gasteiger partial charge is 0.335 e. The van der Waals surface area contributed by atoms with Crippen molar-refractivity contribution in [3.63, 3.8) is 0 Å². The third kappa shape index (κ3) is 6.23. The van der Waals surface area contributed by atoms with Crippen molar-refractivity contribution >= 4 is 17.0 Å². The van der Waals surface area contributed by atoms with Crippen molar-refractivity contribution in [2.75, 3.05) is 7.11 Å². The largest absolute Gasteiger partial charge is 0.478 e. The summed E-state index contributed by atoms with van der Waals surface area (Å²) in [6.07, 6.45) is -0.622. The molecule has 0 aliphatic rings. The van der Waals surface area contributed by atoms with Gasteiger partial charge in [0.25, 0.3) is 0 Å². The minimum atomic E-state index is -1.33. The number of nitriles is 1. The lowest BCUT2D eigenvalue weighted by Gasteiger charge is -2.15. The molecule has 2 aromatic heterocycles. The average molecular weight is 605 g/mol. The number of aromatic carboxylic acids is 1. The van der Waals surface area contributed by atoms with E-state index in [1.54, 1.807) is 6.92 Å². The van der Waals surface area contributed by atoms with E-state index in [0.717, 1.165) is 24.3 Å². The Labute approximate surface area is 248 Å². The van der Waals surface area contributed by atoms with Crippen molar-refractivity contribution < 1.29 is 36.9 Å². The van der Waals surface area contributed by atoms with Gasteiger partial charge < -0.3 is 19.1 Å². The van der Waals surface area contributed by atoms with E-state index in [9.17, 15) is 18.7 Å². The number of carbonyl (C=O) groups is 1. The molecule has 1 atom stereocenters. The van der Waals surface area contributed by atoms with Gasteiger partial charge in [-0.2, -0.15) is 5.26 Å². The molecule has 224 valence electrons. The molecule has 3 aromatic carbocycles. The number of rotatable bonds is 10. The second-order valence-electron chi connectivity index (χ2n) is 9.98. The number of pyridine rings is 1. The van der Waals surface area contributed by atoms with Gasteiger partial charge in [-0.3, -0.25) is 0 Å². The first-order valence-electron chi connectivity index (χ1n) is 13.3. The summed E-state index contributed by atoms with van der Waals surface area (Å²) < 4.78 is 72.3. The third-order valence-electron chi connectivity index (χ3n) is 7.02. The summed E-state index contributed by atoms with van der Waals surface area (Å²) in [7, 11) is 1.47. The Hall–Kier alpha value is -5.28. The van der Waals surface area contributed by atoms with Crippen LogP contribution in [-0.2, 0) is 24.3 Å². The van der Waals surface area contributed by atoms with Gasteiger partial charge in [0, 0.05) is 30.7 Å². The number of benzene rings is 3. The predicted octanol–water partition coefficient (Wildman–Crippen LogP) is 6.43. The highest BCUT2D eigenvalue weighted by atomic mass is 19.1. The van der Waals surface area contributed by atoms with Gasteiger partial charge in [0.2, 0.25) is 5.88 Å². The zero-order valence-electron chi connectivity index (χ0n) is 23.4. The van der Waals surface area contributed by atoms with Crippen molar-refractivity contribution in [2.24, 2.45) is 0 Å². The van der Waals surface area contributed by atoms with E-state index in [1.165, 1.54) is 48.1 Å². The molecule has 5 rings (SSSR count). The van der Waals surface area contributed by atoms with Gasteiger partial charge in [-0.15, -0.1) is 0 Å². The Balaban J connectivity index is 1.44. The van der Waals surface area contributed by atoms with Crippen LogP contribution in [-0.4, -0.2) is 38.8 Å². The fourth-order valence-electron chi connectivity index (χ4n) is 4.64. The maximum Gasteiger partial charge on any atom is 0.335 e. The molecule has 0 unspecified atom stereocenters. The monoisotopic (exact) mass is 604 g/mol. The summed E-state index contributed by atoms with van der Waals surface area (Å²) in [4.78, 5) is 20.1. The number of imidazole rings is 1. The van der Waals surface area contributed by atoms with Gasteiger partial charge in [0.15, 0.2) is 5.82 Å². The lowest BCUT2D eigenvalue weighted by Crippen LogP contribution is -2.17. The first kappa shape index (κ1) is 30.2. The number of aromatic nitrogens is 3. The number of methoxy groups -OCH3 is 1. The number of fused-ring (bicyclic) bond motifs is 1. The molecule has 5 aromatic rings. The standard InChI is InChI=1S/C32H24F4N4O4/c1-17(43-2)15-40-28-11-21(32(41)42)10-26(36)31(28)39-29(40)12-20-9-25(35)22(13-24(20)34)27-4-3-5-30(38-27)44-16-19-7-6-18(14-37)8-23(19)33/h3-11,13,17H,12,15-16H2,1-2H3,(H,41,42)/t17-/m1/s1. The number of halogens is 4. The Bertz CT molecular complexity index is 1940. The number of carboxylic acids is 1. The minimum absolute atomic E-state index is 0.0406. The molecular formula is C32H24F4N4O4. The van der Waals surface area contributed by atoms with Gasteiger partial charge in [0.05, 0.1) is 41.1 Å². The maximum atomic E-state index is 15.4. The van der Waals surface area contributed by atoms with Crippen molar-refractivity contribution in [3.8, 4) is 23.2 Å². The summed E-state index contributed by atoms with van der Waals surface area (Å²) in [5.41, 5.74) is -0.0228. The van der Waals surface area contributed by atoms with Gasteiger partial charge in [0.1, 0.15) is 35.4 Å². The summed E-state index contributed by atoms with van der Waals surface area (Å²) in [5, 5.41) is 18.3. The Morgan fingerprint density at radius 3 is 2.45 bits per heavy atom. The summed E-state index contributed by atoms with van der Waals surface area (Å²) in [6, 6.07) is 14.3. The topological polar surface area (TPSA) is 110 Å².